The summed E-state index contributed by atoms with van der Waals surface area (Å²) >= 11 is 6.01. The topological polar surface area (TPSA) is 49.2 Å². The Morgan fingerprint density at radius 2 is 2.04 bits per heavy atom. The fourth-order valence-corrected chi connectivity index (χ4v) is 3.09. The number of ether oxygens (including phenoxy) is 2. The third-order valence-corrected chi connectivity index (χ3v) is 4.46. The third-order valence-electron chi connectivity index (χ3n) is 3.82. The van der Waals surface area contributed by atoms with Gasteiger partial charge in [-0.15, -0.1) is 3.89 Å². The molecule has 138 valence electrons. The van der Waals surface area contributed by atoms with Crippen molar-refractivity contribution in [2.24, 2.45) is 0 Å². The monoisotopic (exact) mass is 395 g/mol. The van der Waals surface area contributed by atoms with Crippen molar-refractivity contribution in [1.29, 1.82) is 0 Å². The van der Waals surface area contributed by atoms with Gasteiger partial charge in [0.2, 0.25) is 5.88 Å². The third kappa shape index (κ3) is 3.59. The fourth-order valence-electron chi connectivity index (χ4n) is 2.60. The second-order valence-corrected chi connectivity index (χ2v) is 6.37. The van der Waals surface area contributed by atoms with Gasteiger partial charge in [-0.1, -0.05) is 25.4 Å². The van der Waals surface area contributed by atoms with Gasteiger partial charge in [0.05, 0.1) is 18.8 Å². The van der Waals surface area contributed by atoms with Gasteiger partial charge in [0.25, 0.3) is 0 Å². The molecular weight excluding hydrogens is 377 g/mol. The van der Waals surface area contributed by atoms with E-state index in [9.17, 15) is 3.89 Å². The van der Waals surface area contributed by atoms with Gasteiger partial charge in [0, 0.05) is 23.3 Å². The molecule has 1 aliphatic rings. The Balaban J connectivity index is 0.000000948. The minimum absolute atomic E-state index is 0.0615. The van der Waals surface area contributed by atoms with Crippen LogP contribution >= 0.6 is 23.9 Å². The molecule has 0 aromatic carbocycles. The molecule has 8 heteroatoms. The van der Waals surface area contributed by atoms with E-state index in [2.05, 4.69) is 9.97 Å². The molecule has 1 fully saturated rings. The van der Waals surface area contributed by atoms with E-state index in [0.29, 0.717) is 28.0 Å². The van der Waals surface area contributed by atoms with E-state index in [-0.39, 0.29) is 18.4 Å². The number of hydrogen-bond acceptors (Lipinski definition) is 5. The number of fused-ring (bicyclic) bond motifs is 1. The number of halogens is 2. The number of methoxy groups -OCH3 is 1. The Labute approximate surface area is 160 Å². The highest BCUT2D eigenvalue weighted by atomic mass is 35.5. The Morgan fingerprint density at radius 1 is 1.27 bits per heavy atom. The van der Waals surface area contributed by atoms with Crippen LogP contribution in [0, 0.1) is 0 Å². The number of pyridine rings is 2. The molecule has 0 radical (unpaired) electrons. The van der Waals surface area contributed by atoms with Crippen LogP contribution in [-0.2, 0) is 0 Å². The largest absolute Gasteiger partial charge is 0.490 e. The molecule has 0 bridgehead atoms. The zero-order chi connectivity index (χ0) is 18.7. The van der Waals surface area contributed by atoms with Crippen molar-refractivity contribution in [1.82, 2.24) is 13.9 Å². The first kappa shape index (κ1) is 18.8. The van der Waals surface area contributed by atoms with E-state index < -0.39 is 0 Å². The van der Waals surface area contributed by atoms with Crippen molar-refractivity contribution in [2.75, 3.05) is 7.11 Å². The Morgan fingerprint density at radius 3 is 2.69 bits per heavy atom. The quantitative estimate of drug-likeness (QED) is 0.518. The smallest absolute Gasteiger partial charge is 0.224 e. The van der Waals surface area contributed by atoms with E-state index in [1.807, 2.05) is 13.8 Å². The molecule has 1 aliphatic carbocycles. The molecule has 0 aliphatic heterocycles. The summed E-state index contributed by atoms with van der Waals surface area (Å²) < 4.78 is 26.1. The van der Waals surface area contributed by atoms with Crippen LogP contribution < -0.4 is 9.47 Å². The highest BCUT2D eigenvalue weighted by Gasteiger charge is 2.27. The molecule has 3 heterocycles. The lowest BCUT2D eigenvalue weighted by atomic mass is 10.1. The van der Waals surface area contributed by atoms with Crippen molar-refractivity contribution < 1.29 is 13.4 Å². The van der Waals surface area contributed by atoms with Crippen LogP contribution in [0.25, 0.3) is 22.2 Å². The first-order valence-electron chi connectivity index (χ1n) is 8.38. The molecule has 0 amide bonds. The zero-order valence-electron chi connectivity index (χ0n) is 14.7. The summed E-state index contributed by atoms with van der Waals surface area (Å²) in [5.41, 5.74) is 1.86. The van der Waals surface area contributed by atoms with Gasteiger partial charge in [-0.05, 0) is 31.0 Å². The lowest BCUT2D eigenvalue weighted by molar-refractivity contribution is 0.301. The first-order valence-corrected chi connectivity index (χ1v) is 9.43. The number of hydrogen-bond donors (Lipinski definition) is 0. The summed E-state index contributed by atoms with van der Waals surface area (Å²) in [4.78, 5) is 8.48. The van der Waals surface area contributed by atoms with E-state index in [4.69, 9.17) is 21.1 Å². The minimum Gasteiger partial charge on any atom is -0.490 e. The molecule has 26 heavy (non-hydrogen) atoms. The van der Waals surface area contributed by atoms with Gasteiger partial charge in [-0.2, -0.15) is 0 Å². The highest BCUT2D eigenvalue weighted by molar-refractivity contribution is 7.92. The van der Waals surface area contributed by atoms with E-state index >= 15 is 0 Å². The first-order chi connectivity index (χ1) is 12.7. The van der Waals surface area contributed by atoms with Crippen LogP contribution in [0.1, 0.15) is 26.7 Å². The summed E-state index contributed by atoms with van der Waals surface area (Å²) in [6.45, 7) is 4.00. The number of nitrogens with zero attached hydrogens (tertiary/aromatic N) is 3. The lowest BCUT2D eigenvalue weighted by Gasteiger charge is -2.13. The Kier molecular flexibility index (Phi) is 5.88. The van der Waals surface area contributed by atoms with Crippen molar-refractivity contribution in [2.45, 2.75) is 32.8 Å². The molecule has 3 aromatic heterocycles. The van der Waals surface area contributed by atoms with Crippen LogP contribution in [0.2, 0.25) is 5.15 Å². The minimum atomic E-state index is 0.0615. The number of rotatable bonds is 5. The predicted molar refractivity (Wildman–Crippen MR) is 104 cm³/mol. The van der Waals surface area contributed by atoms with Crippen LogP contribution in [0.5, 0.6) is 11.6 Å². The molecule has 0 atom stereocenters. The van der Waals surface area contributed by atoms with Crippen LogP contribution in [0.15, 0.2) is 30.6 Å². The Bertz CT molecular complexity index is 915. The highest BCUT2D eigenvalue weighted by Crippen LogP contribution is 2.43. The maximum atomic E-state index is 13.3. The number of aromatic nitrogens is 3. The Hall–Kier alpha value is -1.99. The summed E-state index contributed by atoms with van der Waals surface area (Å²) in [5.74, 6) is 1.09. The second kappa shape index (κ2) is 8.14. The molecule has 0 saturated heterocycles. The molecule has 0 spiro atoms. The van der Waals surface area contributed by atoms with E-state index in [1.54, 1.807) is 37.7 Å². The van der Waals surface area contributed by atoms with Crippen molar-refractivity contribution >= 4 is 35.0 Å². The average molecular weight is 396 g/mol. The molecule has 3 aromatic rings. The summed E-state index contributed by atoms with van der Waals surface area (Å²) in [7, 11) is 1.55. The summed E-state index contributed by atoms with van der Waals surface area (Å²) in [5, 5.41) is 1.05. The lowest BCUT2D eigenvalue weighted by Crippen LogP contribution is -2.00. The molecule has 4 rings (SSSR count). The van der Waals surface area contributed by atoms with E-state index in [0.717, 1.165) is 23.8 Å². The van der Waals surface area contributed by atoms with Crippen molar-refractivity contribution in [3.63, 3.8) is 0 Å². The molecule has 0 unspecified atom stereocenters. The van der Waals surface area contributed by atoms with Crippen LogP contribution in [-0.4, -0.2) is 27.2 Å². The predicted octanol–water partition coefficient (Wildman–Crippen LogP) is 5.71. The fraction of sp³-hybridized carbons (Fsp3) is 0.333. The molecule has 1 saturated carbocycles. The van der Waals surface area contributed by atoms with Gasteiger partial charge in [-0.3, -0.25) is 0 Å². The van der Waals surface area contributed by atoms with Gasteiger partial charge >= 0.3 is 0 Å². The van der Waals surface area contributed by atoms with Crippen molar-refractivity contribution in [3.05, 3.63) is 35.7 Å². The zero-order valence-corrected chi connectivity index (χ0v) is 16.3. The van der Waals surface area contributed by atoms with Gasteiger partial charge in [0.1, 0.15) is 10.9 Å². The second-order valence-electron chi connectivity index (χ2n) is 5.45. The van der Waals surface area contributed by atoms with Gasteiger partial charge in [0.15, 0.2) is 18.0 Å². The summed E-state index contributed by atoms with van der Waals surface area (Å²) in [6, 6.07) is 5.27. The summed E-state index contributed by atoms with van der Waals surface area (Å²) in [6.07, 6.45) is 5.57. The average Bonchev–Trinajstić information content (AvgIpc) is 3.42. The van der Waals surface area contributed by atoms with Crippen LogP contribution in [0.4, 0.5) is 3.89 Å². The molecule has 0 N–H and O–H groups in total. The van der Waals surface area contributed by atoms with Gasteiger partial charge in [-0.25, -0.2) is 13.9 Å². The van der Waals surface area contributed by atoms with E-state index in [1.165, 1.54) is 3.97 Å². The maximum Gasteiger partial charge on any atom is 0.224 e. The standard InChI is InChI=1S/C16H13ClFN3O2S.C2H6/c1-22-16-14(12(6-7-19-16)23-9-2-3-9)11-8-21(24-18)15-10(11)4-5-13(17)20-15;1-2/h4-9H,2-3H2,1H3;1-2H3. The molecular formula is C18H19ClFN3O2S. The normalized spacial score (nSPS) is 13.3. The maximum absolute atomic E-state index is 13.3. The molecule has 5 nitrogen and oxygen atoms in total. The SMILES string of the molecule is CC.COc1nccc(OC2CC2)c1-c1cn(SF)c2nc(Cl)ccc12. The van der Waals surface area contributed by atoms with Gasteiger partial charge < -0.3 is 9.47 Å². The van der Waals surface area contributed by atoms with Crippen molar-refractivity contribution in [3.8, 4) is 22.8 Å². The van der Waals surface area contributed by atoms with Crippen LogP contribution in [0.3, 0.4) is 0 Å².